The molecule has 0 amide bonds. The molecule has 14 heavy (non-hydrogen) atoms. The molecule has 0 aromatic carbocycles. The molecule has 0 rings (SSSR count). The SMILES string of the molecule is C#CC(C)=NN=C(C)C=CC(Cl)=CC. The first kappa shape index (κ1) is 12.7. The first-order chi connectivity index (χ1) is 6.60. The third-order valence-corrected chi connectivity index (χ3v) is 1.67. The predicted octanol–water partition coefficient (Wildman–Crippen LogP) is 3.16. The van der Waals surface area contributed by atoms with Crippen LogP contribution >= 0.6 is 11.6 Å². The van der Waals surface area contributed by atoms with Gasteiger partial charge in [0.2, 0.25) is 0 Å². The fourth-order valence-corrected chi connectivity index (χ4v) is 0.575. The molecule has 0 N–H and O–H groups in total. The van der Waals surface area contributed by atoms with E-state index < -0.39 is 0 Å². The molecule has 0 spiro atoms. The van der Waals surface area contributed by atoms with Crippen LogP contribution in [-0.2, 0) is 0 Å². The van der Waals surface area contributed by atoms with Crippen molar-refractivity contribution in [1.82, 2.24) is 0 Å². The van der Waals surface area contributed by atoms with Crippen molar-refractivity contribution in [1.29, 1.82) is 0 Å². The molecule has 0 aromatic rings. The molecule has 0 heterocycles. The van der Waals surface area contributed by atoms with Crippen LogP contribution in [0.2, 0.25) is 0 Å². The Bertz CT molecular complexity index is 341. The van der Waals surface area contributed by atoms with Crippen LogP contribution in [0.1, 0.15) is 20.8 Å². The summed E-state index contributed by atoms with van der Waals surface area (Å²) in [7, 11) is 0. The molecule has 0 fully saturated rings. The van der Waals surface area contributed by atoms with Gasteiger partial charge in [-0.15, -0.1) is 11.5 Å². The number of halogens is 1. The molecule has 0 radical (unpaired) electrons. The molecule has 0 aromatic heterocycles. The molecule has 0 saturated carbocycles. The van der Waals surface area contributed by atoms with Crippen LogP contribution in [0.25, 0.3) is 0 Å². The van der Waals surface area contributed by atoms with Crippen molar-refractivity contribution in [3.05, 3.63) is 23.3 Å². The van der Waals surface area contributed by atoms with Crippen LogP contribution in [0.15, 0.2) is 33.5 Å². The Kier molecular flexibility index (Phi) is 6.43. The summed E-state index contributed by atoms with van der Waals surface area (Å²) in [5.74, 6) is 2.38. The van der Waals surface area contributed by atoms with Gasteiger partial charge in [-0.25, -0.2) is 0 Å². The molecule has 0 bridgehead atoms. The van der Waals surface area contributed by atoms with Gasteiger partial charge >= 0.3 is 0 Å². The maximum absolute atomic E-state index is 5.75. The maximum atomic E-state index is 5.75. The summed E-state index contributed by atoms with van der Waals surface area (Å²) < 4.78 is 0. The second-order valence-electron chi connectivity index (χ2n) is 2.58. The summed E-state index contributed by atoms with van der Waals surface area (Å²) in [5, 5.41) is 8.36. The van der Waals surface area contributed by atoms with Gasteiger partial charge in [0.1, 0.15) is 5.71 Å². The lowest BCUT2D eigenvalue weighted by Crippen LogP contribution is -1.86. The van der Waals surface area contributed by atoms with E-state index in [-0.39, 0.29) is 0 Å². The van der Waals surface area contributed by atoms with E-state index in [1.807, 2.05) is 13.8 Å². The third kappa shape index (κ3) is 6.22. The van der Waals surface area contributed by atoms with E-state index in [2.05, 4.69) is 16.1 Å². The fraction of sp³-hybridized carbons (Fsp3) is 0.273. The van der Waals surface area contributed by atoms with Crippen molar-refractivity contribution < 1.29 is 0 Å². The highest BCUT2D eigenvalue weighted by atomic mass is 35.5. The van der Waals surface area contributed by atoms with Crippen LogP contribution in [0.4, 0.5) is 0 Å². The van der Waals surface area contributed by atoms with Crippen molar-refractivity contribution in [2.45, 2.75) is 20.8 Å². The van der Waals surface area contributed by atoms with E-state index in [0.29, 0.717) is 10.7 Å². The van der Waals surface area contributed by atoms with Crippen LogP contribution in [0, 0.1) is 12.3 Å². The first-order valence-electron chi connectivity index (χ1n) is 4.15. The lowest BCUT2D eigenvalue weighted by Gasteiger charge is -1.88. The van der Waals surface area contributed by atoms with Crippen molar-refractivity contribution in [3.63, 3.8) is 0 Å². The summed E-state index contributed by atoms with van der Waals surface area (Å²) in [5.41, 5.74) is 1.30. The van der Waals surface area contributed by atoms with E-state index in [9.17, 15) is 0 Å². The number of allylic oxidation sites excluding steroid dienone is 4. The topological polar surface area (TPSA) is 24.7 Å². The number of terminal acetylenes is 1. The Hall–Kier alpha value is -1.33. The normalized spacial score (nSPS) is 14.6. The summed E-state index contributed by atoms with van der Waals surface area (Å²) in [6, 6.07) is 0. The quantitative estimate of drug-likeness (QED) is 0.295. The summed E-state index contributed by atoms with van der Waals surface area (Å²) in [4.78, 5) is 0. The molecule has 0 atom stereocenters. The fourth-order valence-electron chi connectivity index (χ4n) is 0.513. The standard InChI is InChI=1S/C11H13ClN2/c1-5-9(3)13-14-10(4)7-8-11(12)6-2/h1,6-8H,2-4H3. The van der Waals surface area contributed by atoms with Gasteiger partial charge in [-0.3, -0.25) is 0 Å². The molecule has 0 aliphatic carbocycles. The van der Waals surface area contributed by atoms with E-state index in [1.54, 1.807) is 25.2 Å². The van der Waals surface area contributed by atoms with E-state index >= 15 is 0 Å². The number of nitrogens with zero attached hydrogens (tertiary/aromatic N) is 2. The first-order valence-corrected chi connectivity index (χ1v) is 4.53. The summed E-state index contributed by atoms with van der Waals surface area (Å²) in [6.07, 6.45) is 10.4. The number of hydrogen-bond donors (Lipinski definition) is 0. The molecule has 2 nitrogen and oxygen atoms in total. The minimum absolute atomic E-state index is 0.551. The van der Waals surface area contributed by atoms with Crippen molar-refractivity contribution in [2.24, 2.45) is 10.2 Å². The second kappa shape index (κ2) is 7.11. The molecule has 0 saturated heterocycles. The molecule has 3 heteroatoms. The van der Waals surface area contributed by atoms with Crippen LogP contribution in [0.5, 0.6) is 0 Å². The highest BCUT2D eigenvalue weighted by Gasteiger charge is 1.85. The highest BCUT2D eigenvalue weighted by molar-refractivity contribution is 6.31. The Morgan fingerprint density at radius 2 is 1.93 bits per heavy atom. The molecular formula is C11H13ClN2. The lowest BCUT2D eigenvalue weighted by atomic mass is 10.3. The largest absolute Gasteiger partial charge is 0.155 e. The van der Waals surface area contributed by atoms with Gasteiger partial charge in [-0.2, -0.15) is 5.10 Å². The van der Waals surface area contributed by atoms with Gasteiger partial charge in [-0.1, -0.05) is 23.6 Å². The minimum atomic E-state index is 0.551. The van der Waals surface area contributed by atoms with E-state index in [0.717, 1.165) is 5.71 Å². The van der Waals surface area contributed by atoms with Crippen molar-refractivity contribution >= 4 is 23.0 Å². The monoisotopic (exact) mass is 208 g/mol. The minimum Gasteiger partial charge on any atom is -0.155 e. The zero-order valence-electron chi connectivity index (χ0n) is 8.58. The summed E-state index contributed by atoms with van der Waals surface area (Å²) >= 11 is 5.75. The lowest BCUT2D eigenvalue weighted by molar-refractivity contribution is 1.23. The van der Waals surface area contributed by atoms with Crippen molar-refractivity contribution in [2.75, 3.05) is 0 Å². The maximum Gasteiger partial charge on any atom is 0.109 e. The predicted molar refractivity (Wildman–Crippen MR) is 63.8 cm³/mol. The van der Waals surface area contributed by atoms with E-state index in [1.165, 1.54) is 0 Å². The number of hydrogen-bond acceptors (Lipinski definition) is 2. The second-order valence-corrected chi connectivity index (χ2v) is 3.01. The molecule has 74 valence electrons. The van der Waals surface area contributed by atoms with E-state index in [4.69, 9.17) is 18.0 Å². The number of rotatable bonds is 3. The molecule has 0 aliphatic heterocycles. The summed E-state index contributed by atoms with van der Waals surface area (Å²) in [6.45, 7) is 5.41. The third-order valence-electron chi connectivity index (χ3n) is 1.33. The van der Waals surface area contributed by atoms with Gasteiger partial charge in [0, 0.05) is 5.03 Å². The van der Waals surface area contributed by atoms with Gasteiger partial charge < -0.3 is 0 Å². The molecule has 0 unspecified atom stereocenters. The van der Waals surface area contributed by atoms with Gasteiger partial charge in [0.05, 0.1) is 5.71 Å². The highest BCUT2D eigenvalue weighted by Crippen LogP contribution is 2.01. The zero-order chi connectivity index (χ0) is 11.0. The van der Waals surface area contributed by atoms with Gasteiger partial charge in [0.25, 0.3) is 0 Å². The van der Waals surface area contributed by atoms with Crippen molar-refractivity contribution in [3.8, 4) is 12.3 Å². The Balaban J connectivity index is 4.44. The Morgan fingerprint density at radius 1 is 1.29 bits per heavy atom. The Morgan fingerprint density at radius 3 is 2.43 bits per heavy atom. The molecular weight excluding hydrogens is 196 g/mol. The smallest absolute Gasteiger partial charge is 0.109 e. The Labute approximate surface area is 90.1 Å². The molecule has 0 aliphatic rings. The van der Waals surface area contributed by atoms with Crippen LogP contribution in [-0.4, -0.2) is 11.4 Å². The zero-order valence-corrected chi connectivity index (χ0v) is 9.34. The van der Waals surface area contributed by atoms with Crippen LogP contribution in [0.3, 0.4) is 0 Å². The average Bonchev–Trinajstić information content (AvgIpc) is 2.22. The average molecular weight is 209 g/mol. The van der Waals surface area contributed by atoms with Gasteiger partial charge in [-0.05, 0) is 32.9 Å². The van der Waals surface area contributed by atoms with Crippen LogP contribution < -0.4 is 0 Å². The van der Waals surface area contributed by atoms with Gasteiger partial charge in [0.15, 0.2) is 0 Å².